The first-order valence-corrected chi connectivity index (χ1v) is 7.44. The van der Waals surface area contributed by atoms with Crippen LogP contribution in [0.2, 0.25) is 5.02 Å². The van der Waals surface area contributed by atoms with Gasteiger partial charge in [0.25, 0.3) is 11.6 Å². The van der Waals surface area contributed by atoms with Crippen LogP contribution in [-0.4, -0.2) is 27.4 Å². The molecule has 1 amide bonds. The van der Waals surface area contributed by atoms with Crippen molar-refractivity contribution in [2.24, 2.45) is 0 Å². The van der Waals surface area contributed by atoms with Gasteiger partial charge >= 0.3 is 6.01 Å². The Hall–Kier alpha value is -2.74. The Kier molecular flexibility index (Phi) is 5.30. The fraction of sp³-hybridized carbons (Fsp3) is 0.267. The number of ether oxygens (including phenoxy) is 1. The molecular formula is C15H15ClN4O4. The minimum Gasteiger partial charge on any atom is -0.464 e. The number of nitro groups is 1. The Morgan fingerprint density at radius 2 is 1.96 bits per heavy atom. The largest absolute Gasteiger partial charge is 0.464 e. The van der Waals surface area contributed by atoms with E-state index in [1.54, 1.807) is 13.8 Å². The van der Waals surface area contributed by atoms with E-state index in [1.165, 1.54) is 12.1 Å². The number of non-ortho nitro benzene ring substituents is 1. The highest BCUT2D eigenvalue weighted by Gasteiger charge is 2.18. The van der Waals surface area contributed by atoms with Crippen LogP contribution in [0.5, 0.6) is 6.01 Å². The summed E-state index contributed by atoms with van der Waals surface area (Å²) in [7, 11) is 0. The number of hydrogen-bond donors (Lipinski definition) is 1. The van der Waals surface area contributed by atoms with Crippen molar-refractivity contribution in [1.29, 1.82) is 0 Å². The van der Waals surface area contributed by atoms with Gasteiger partial charge in [0.15, 0.2) is 0 Å². The van der Waals surface area contributed by atoms with Crippen LogP contribution in [0.15, 0.2) is 18.2 Å². The first-order valence-electron chi connectivity index (χ1n) is 7.06. The van der Waals surface area contributed by atoms with Crippen LogP contribution in [0.3, 0.4) is 0 Å². The van der Waals surface area contributed by atoms with Crippen LogP contribution < -0.4 is 10.1 Å². The molecular weight excluding hydrogens is 336 g/mol. The maximum absolute atomic E-state index is 12.4. The van der Waals surface area contributed by atoms with Gasteiger partial charge in [0, 0.05) is 12.1 Å². The molecule has 8 nitrogen and oxygen atoms in total. The minimum absolute atomic E-state index is 0.0103. The first kappa shape index (κ1) is 17.6. The quantitative estimate of drug-likeness (QED) is 0.654. The Labute approximate surface area is 143 Å². The molecule has 9 heteroatoms. The summed E-state index contributed by atoms with van der Waals surface area (Å²) in [6.45, 7) is 5.68. The van der Waals surface area contributed by atoms with Crippen LogP contribution in [0, 0.1) is 24.0 Å². The van der Waals surface area contributed by atoms with Gasteiger partial charge < -0.3 is 10.1 Å². The minimum atomic E-state index is -0.581. The molecule has 0 saturated heterocycles. The number of benzene rings is 1. The number of rotatable bonds is 5. The number of aryl methyl sites for hydroxylation is 2. The van der Waals surface area contributed by atoms with E-state index in [-0.39, 0.29) is 22.3 Å². The molecule has 0 fully saturated rings. The lowest BCUT2D eigenvalue weighted by atomic mass is 10.1. The molecule has 0 aliphatic carbocycles. The van der Waals surface area contributed by atoms with Crippen LogP contribution in [0.4, 0.5) is 11.4 Å². The number of anilines is 1. The van der Waals surface area contributed by atoms with E-state index in [4.69, 9.17) is 16.3 Å². The van der Waals surface area contributed by atoms with Crippen LogP contribution in [0.1, 0.15) is 28.7 Å². The summed E-state index contributed by atoms with van der Waals surface area (Å²) in [4.78, 5) is 30.8. The maximum Gasteiger partial charge on any atom is 0.316 e. The number of nitrogens with zero attached hydrogens (tertiary/aromatic N) is 3. The predicted molar refractivity (Wildman–Crippen MR) is 88.7 cm³/mol. The lowest BCUT2D eigenvalue weighted by Crippen LogP contribution is -2.16. The second-order valence-corrected chi connectivity index (χ2v) is 5.27. The highest BCUT2D eigenvalue weighted by atomic mass is 35.5. The highest BCUT2D eigenvalue weighted by Crippen LogP contribution is 2.25. The smallest absolute Gasteiger partial charge is 0.316 e. The van der Waals surface area contributed by atoms with Crippen molar-refractivity contribution in [3.05, 3.63) is 50.3 Å². The molecule has 2 rings (SSSR count). The van der Waals surface area contributed by atoms with E-state index in [2.05, 4.69) is 15.3 Å². The molecule has 1 N–H and O–H groups in total. The molecule has 2 aromatic rings. The van der Waals surface area contributed by atoms with Crippen molar-refractivity contribution in [1.82, 2.24) is 9.97 Å². The average Bonchev–Trinajstić information content (AvgIpc) is 2.50. The second-order valence-electron chi connectivity index (χ2n) is 4.86. The number of carbonyl (C=O) groups is 1. The van der Waals surface area contributed by atoms with Gasteiger partial charge in [0.05, 0.1) is 39.2 Å². The van der Waals surface area contributed by atoms with Gasteiger partial charge in [-0.3, -0.25) is 14.9 Å². The molecule has 126 valence electrons. The van der Waals surface area contributed by atoms with E-state index in [0.29, 0.717) is 23.7 Å². The topological polar surface area (TPSA) is 107 Å². The monoisotopic (exact) mass is 350 g/mol. The number of nitro benzene ring substituents is 1. The summed E-state index contributed by atoms with van der Waals surface area (Å²) >= 11 is 5.96. The molecule has 1 heterocycles. The number of nitrogens with one attached hydrogen (secondary N) is 1. The average molecular weight is 351 g/mol. The number of halogens is 1. The molecule has 24 heavy (non-hydrogen) atoms. The van der Waals surface area contributed by atoms with Crippen molar-refractivity contribution in [3.63, 3.8) is 0 Å². The summed E-state index contributed by atoms with van der Waals surface area (Å²) < 4.78 is 5.25. The Balaban J connectivity index is 2.28. The van der Waals surface area contributed by atoms with Gasteiger partial charge in [-0.05, 0) is 26.8 Å². The lowest BCUT2D eigenvalue weighted by molar-refractivity contribution is -0.384. The molecule has 0 aliphatic heterocycles. The fourth-order valence-electron chi connectivity index (χ4n) is 2.04. The van der Waals surface area contributed by atoms with E-state index in [0.717, 1.165) is 6.07 Å². The Bertz CT molecular complexity index is 787. The SMILES string of the molecule is CCOc1nc(C)c(NC(=O)c2ccc([N+](=O)[O-])cc2Cl)c(C)n1. The summed E-state index contributed by atoms with van der Waals surface area (Å²) in [6.07, 6.45) is 0. The molecule has 0 bridgehead atoms. The van der Waals surface area contributed by atoms with Crippen LogP contribution >= 0.6 is 11.6 Å². The zero-order valence-corrected chi connectivity index (χ0v) is 14.0. The zero-order valence-electron chi connectivity index (χ0n) is 13.3. The number of carbonyl (C=O) groups excluding carboxylic acids is 1. The Morgan fingerprint density at radius 1 is 1.33 bits per heavy atom. The van der Waals surface area contributed by atoms with Gasteiger partial charge in [0.2, 0.25) is 0 Å². The van der Waals surface area contributed by atoms with E-state index >= 15 is 0 Å². The van der Waals surface area contributed by atoms with Gasteiger partial charge in [-0.15, -0.1) is 0 Å². The molecule has 0 aliphatic rings. The van der Waals surface area contributed by atoms with E-state index < -0.39 is 10.8 Å². The van der Waals surface area contributed by atoms with Crippen molar-refractivity contribution in [2.75, 3.05) is 11.9 Å². The summed E-state index contributed by atoms with van der Waals surface area (Å²) in [6, 6.07) is 3.88. The summed E-state index contributed by atoms with van der Waals surface area (Å²) in [5, 5.41) is 13.4. The maximum atomic E-state index is 12.4. The summed E-state index contributed by atoms with van der Waals surface area (Å²) in [5.74, 6) is -0.506. The predicted octanol–water partition coefficient (Wildman–Crippen LogP) is 3.31. The third kappa shape index (κ3) is 3.77. The lowest BCUT2D eigenvalue weighted by Gasteiger charge is -2.12. The van der Waals surface area contributed by atoms with Gasteiger partial charge in [-0.1, -0.05) is 11.6 Å². The zero-order chi connectivity index (χ0) is 17.9. The molecule has 0 unspecified atom stereocenters. The fourth-order valence-corrected chi connectivity index (χ4v) is 2.30. The highest BCUT2D eigenvalue weighted by molar-refractivity contribution is 6.34. The van der Waals surface area contributed by atoms with Gasteiger partial charge in [-0.2, -0.15) is 9.97 Å². The molecule has 0 radical (unpaired) electrons. The number of hydrogen-bond acceptors (Lipinski definition) is 6. The first-order chi connectivity index (χ1) is 11.3. The molecule has 0 saturated carbocycles. The van der Waals surface area contributed by atoms with Gasteiger partial charge in [0.1, 0.15) is 0 Å². The van der Waals surface area contributed by atoms with Crippen molar-refractivity contribution >= 4 is 28.9 Å². The number of amides is 1. The molecule has 1 aromatic carbocycles. The second kappa shape index (κ2) is 7.22. The third-order valence-electron chi connectivity index (χ3n) is 3.17. The van der Waals surface area contributed by atoms with E-state index in [9.17, 15) is 14.9 Å². The number of aromatic nitrogens is 2. The van der Waals surface area contributed by atoms with Crippen molar-refractivity contribution in [3.8, 4) is 6.01 Å². The normalized spacial score (nSPS) is 10.3. The Morgan fingerprint density at radius 3 is 2.46 bits per heavy atom. The van der Waals surface area contributed by atoms with Crippen LogP contribution in [-0.2, 0) is 0 Å². The van der Waals surface area contributed by atoms with Gasteiger partial charge in [-0.25, -0.2) is 0 Å². The van der Waals surface area contributed by atoms with E-state index in [1.807, 2.05) is 6.92 Å². The van der Waals surface area contributed by atoms with Crippen LogP contribution in [0.25, 0.3) is 0 Å². The molecule has 0 spiro atoms. The molecule has 1 aromatic heterocycles. The van der Waals surface area contributed by atoms with Crippen molar-refractivity contribution < 1.29 is 14.5 Å². The molecule has 0 atom stereocenters. The standard InChI is InChI=1S/C15H15ClN4O4/c1-4-24-15-17-8(2)13(9(3)18-15)19-14(21)11-6-5-10(20(22)23)7-12(11)16/h5-7H,4H2,1-3H3,(H,19,21). The third-order valence-corrected chi connectivity index (χ3v) is 3.48. The summed E-state index contributed by atoms with van der Waals surface area (Å²) in [5.41, 5.74) is 1.45. The van der Waals surface area contributed by atoms with Crippen molar-refractivity contribution in [2.45, 2.75) is 20.8 Å².